The molecule has 0 fully saturated rings. The molecule has 0 amide bonds. The Labute approximate surface area is 121 Å². The molecule has 1 aromatic carbocycles. The van der Waals surface area contributed by atoms with Gasteiger partial charge in [0.1, 0.15) is 0 Å². The molecule has 4 atom stereocenters. The van der Waals surface area contributed by atoms with Crippen LogP contribution in [0.1, 0.15) is 25.8 Å². The first-order valence-electron chi connectivity index (χ1n) is 7.15. The van der Waals surface area contributed by atoms with E-state index in [1.807, 2.05) is 44.2 Å². The van der Waals surface area contributed by atoms with Crippen molar-refractivity contribution in [3.05, 3.63) is 35.9 Å². The Balaban J connectivity index is 2.64. The lowest BCUT2D eigenvalue weighted by Crippen LogP contribution is -2.38. The van der Waals surface area contributed by atoms with Crippen LogP contribution < -0.4 is 0 Å². The molecule has 0 aliphatic heterocycles. The second-order valence-electron chi connectivity index (χ2n) is 5.36. The molecule has 0 saturated heterocycles. The number of aliphatic hydroxyl groups is 3. The number of hydrogen-bond donors (Lipinski definition) is 3. The van der Waals surface area contributed by atoms with Crippen LogP contribution in [0.4, 0.5) is 0 Å². The minimum atomic E-state index is -0.630. The molecule has 0 aliphatic carbocycles. The van der Waals surface area contributed by atoms with Gasteiger partial charge in [-0.05, 0) is 12.0 Å². The van der Waals surface area contributed by atoms with Crippen molar-refractivity contribution in [3.63, 3.8) is 0 Å². The topological polar surface area (TPSA) is 69.9 Å². The molecule has 4 nitrogen and oxygen atoms in total. The highest BCUT2D eigenvalue weighted by Crippen LogP contribution is 2.23. The summed E-state index contributed by atoms with van der Waals surface area (Å²) in [6.07, 6.45) is -0.554. The van der Waals surface area contributed by atoms with Gasteiger partial charge in [0.15, 0.2) is 0 Å². The molecule has 114 valence electrons. The Hall–Kier alpha value is -0.940. The molecule has 3 N–H and O–H groups in total. The summed E-state index contributed by atoms with van der Waals surface area (Å²) in [6.45, 7) is 4.20. The van der Waals surface area contributed by atoms with Crippen LogP contribution in [0.5, 0.6) is 0 Å². The summed E-state index contributed by atoms with van der Waals surface area (Å²) >= 11 is 0. The predicted octanol–water partition coefficient (Wildman–Crippen LogP) is 1.58. The number of ether oxygens (including phenoxy) is 1. The SMILES string of the molecule is C[C@@H]([C@@H](OCc1ccccc1)[C@@H](C)CO)[C@@H](O)CCO. The Bertz CT molecular complexity index is 355. The Morgan fingerprint density at radius 1 is 1.10 bits per heavy atom. The van der Waals surface area contributed by atoms with Crippen LogP contribution in [0.15, 0.2) is 30.3 Å². The van der Waals surface area contributed by atoms with Crippen molar-refractivity contribution >= 4 is 0 Å². The molecular formula is C16H26O4. The van der Waals surface area contributed by atoms with E-state index in [4.69, 9.17) is 9.84 Å². The average molecular weight is 282 g/mol. The smallest absolute Gasteiger partial charge is 0.0720 e. The zero-order valence-corrected chi connectivity index (χ0v) is 12.3. The maximum atomic E-state index is 10.0. The third kappa shape index (κ3) is 5.21. The molecule has 0 spiro atoms. The molecule has 4 heteroatoms. The Morgan fingerprint density at radius 2 is 1.75 bits per heavy atom. The fourth-order valence-electron chi connectivity index (χ4n) is 2.32. The van der Waals surface area contributed by atoms with Crippen molar-refractivity contribution in [2.24, 2.45) is 11.8 Å². The van der Waals surface area contributed by atoms with Crippen LogP contribution >= 0.6 is 0 Å². The van der Waals surface area contributed by atoms with E-state index in [2.05, 4.69) is 0 Å². The van der Waals surface area contributed by atoms with Gasteiger partial charge in [0, 0.05) is 25.0 Å². The molecular weight excluding hydrogens is 256 g/mol. The van der Waals surface area contributed by atoms with E-state index < -0.39 is 6.10 Å². The first-order valence-corrected chi connectivity index (χ1v) is 7.15. The molecule has 0 aromatic heterocycles. The lowest BCUT2D eigenvalue weighted by molar-refractivity contribution is -0.0777. The van der Waals surface area contributed by atoms with Crippen molar-refractivity contribution in [1.82, 2.24) is 0 Å². The number of rotatable bonds is 9. The van der Waals surface area contributed by atoms with Crippen molar-refractivity contribution in [3.8, 4) is 0 Å². The van der Waals surface area contributed by atoms with E-state index in [0.29, 0.717) is 13.0 Å². The van der Waals surface area contributed by atoms with Crippen molar-refractivity contribution < 1.29 is 20.1 Å². The summed E-state index contributed by atoms with van der Waals surface area (Å²) in [5.74, 6) is -0.213. The number of benzene rings is 1. The standard InChI is InChI=1S/C16H26O4/c1-12(10-18)16(13(2)15(19)8-9-17)20-11-14-6-4-3-5-7-14/h3-7,12-13,15-19H,8-11H2,1-2H3/t12-,13+,15-,16-/m0/s1. The van der Waals surface area contributed by atoms with E-state index in [0.717, 1.165) is 5.56 Å². The monoisotopic (exact) mass is 282 g/mol. The normalized spacial score (nSPS) is 17.4. The van der Waals surface area contributed by atoms with Crippen LogP contribution in [0, 0.1) is 11.8 Å². The quantitative estimate of drug-likeness (QED) is 0.643. The second-order valence-corrected chi connectivity index (χ2v) is 5.36. The molecule has 0 saturated carbocycles. The van der Waals surface area contributed by atoms with Gasteiger partial charge in [-0.1, -0.05) is 44.2 Å². The third-order valence-electron chi connectivity index (χ3n) is 3.68. The predicted molar refractivity (Wildman–Crippen MR) is 78.1 cm³/mol. The van der Waals surface area contributed by atoms with Gasteiger partial charge in [-0.2, -0.15) is 0 Å². The van der Waals surface area contributed by atoms with Gasteiger partial charge in [-0.25, -0.2) is 0 Å². The second kappa shape index (κ2) is 9.08. The molecule has 0 heterocycles. The average Bonchev–Trinajstić information content (AvgIpc) is 2.48. The first kappa shape index (κ1) is 17.1. The Kier molecular flexibility index (Phi) is 7.77. The Morgan fingerprint density at radius 3 is 2.30 bits per heavy atom. The van der Waals surface area contributed by atoms with Gasteiger partial charge in [0.05, 0.1) is 18.8 Å². The lowest BCUT2D eigenvalue weighted by atomic mass is 9.88. The number of aliphatic hydroxyl groups excluding tert-OH is 3. The lowest BCUT2D eigenvalue weighted by Gasteiger charge is -2.31. The maximum Gasteiger partial charge on any atom is 0.0720 e. The fraction of sp³-hybridized carbons (Fsp3) is 0.625. The van der Waals surface area contributed by atoms with Gasteiger partial charge < -0.3 is 20.1 Å². The minimum Gasteiger partial charge on any atom is -0.396 e. The van der Waals surface area contributed by atoms with Gasteiger partial charge in [-0.15, -0.1) is 0 Å². The molecule has 1 aromatic rings. The maximum absolute atomic E-state index is 10.0. The molecule has 0 bridgehead atoms. The highest BCUT2D eigenvalue weighted by atomic mass is 16.5. The van der Waals surface area contributed by atoms with Crippen LogP contribution in [-0.4, -0.2) is 40.7 Å². The van der Waals surface area contributed by atoms with E-state index >= 15 is 0 Å². The van der Waals surface area contributed by atoms with E-state index in [-0.39, 0.29) is 31.2 Å². The largest absolute Gasteiger partial charge is 0.396 e. The highest BCUT2D eigenvalue weighted by Gasteiger charge is 2.29. The van der Waals surface area contributed by atoms with Gasteiger partial charge >= 0.3 is 0 Å². The van der Waals surface area contributed by atoms with Crippen molar-refractivity contribution in [2.75, 3.05) is 13.2 Å². The molecule has 0 radical (unpaired) electrons. The molecule has 0 aliphatic rings. The van der Waals surface area contributed by atoms with Crippen LogP contribution in [0.25, 0.3) is 0 Å². The number of hydrogen-bond acceptors (Lipinski definition) is 4. The summed E-state index contributed by atoms with van der Waals surface area (Å²) in [5, 5.41) is 28.3. The van der Waals surface area contributed by atoms with E-state index in [9.17, 15) is 10.2 Å². The molecule has 20 heavy (non-hydrogen) atoms. The summed E-state index contributed by atoms with van der Waals surface area (Å²) in [5.41, 5.74) is 1.06. The highest BCUT2D eigenvalue weighted by molar-refractivity contribution is 5.13. The van der Waals surface area contributed by atoms with Crippen LogP contribution in [0.3, 0.4) is 0 Å². The zero-order valence-electron chi connectivity index (χ0n) is 12.3. The fourth-order valence-corrected chi connectivity index (χ4v) is 2.32. The summed E-state index contributed by atoms with van der Waals surface area (Å²) < 4.78 is 5.91. The van der Waals surface area contributed by atoms with Gasteiger partial charge in [-0.3, -0.25) is 0 Å². The molecule has 0 unspecified atom stereocenters. The van der Waals surface area contributed by atoms with Crippen molar-refractivity contribution in [2.45, 2.75) is 39.1 Å². The summed E-state index contributed by atoms with van der Waals surface area (Å²) in [6, 6.07) is 9.82. The minimum absolute atomic E-state index is 0.00956. The summed E-state index contributed by atoms with van der Waals surface area (Å²) in [4.78, 5) is 0. The summed E-state index contributed by atoms with van der Waals surface area (Å²) in [7, 11) is 0. The van der Waals surface area contributed by atoms with Crippen LogP contribution in [-0.2, 0) is 11.3 Å². The van der Waals surface area contributed by atoms with Crippen LogP contribution in [0.2, 0.25) is 0 Å². The van der Waals surface area contributed by atoms with Gasteiger partial charge in [0.25, 0.3) is 0 Å². The zero-order chi connectivity index (χ0) is 15.0. The molecule has 1 rings (SSSR count). The van der Waals surface area contributed by atoms with E-state index in [1.54, 1.807) is 0 Å². The van der Waals surface area contributed by atoms with Gasteiger partial charge in [0.2, 0.25) is 0 Å². The third-order valence-corrected chi connectivity index (χ3v) is 3.68. The van der Waals surface area contributed by atoms with E-state index in [1.165, 1.54) is 0 Å². The van der Waals surface area contributed by atoms with Crippen molar-refractivity contribution in [1.29, 1.82) is 0 Å². The first-order chi connectivity index (χ1) is 9.60.